The molecule has 0 bridgehead atoms. The van der Waals surface area contributed by atoms with Crippen LogP contribution in [0, 0.1) is 11.8 Å². The molecular weight excluding hydrogens is 162 g/mol. The van der Waals surface area contributed by atoms with Crippen LogP contribution in [0.25, 0.3) is 0 Å². The Hall–Kier alpha value is -0.0800. The summed E-state index contributed by atoms with van der Waals surface area (Å²) in [7, 11) is 0. The molecule has 1 aliphatic carbocycles. The quantitative estimate of drug-likeness (QED) is 0.700. The van der Waals surface area contributed by atoms with Gasteiger partial charge in [-0.05, 0) is 31.6 Å². The van der Waals surface area contributed by atoms with Crippen molar-refractivity contribution in [1.82, 2.24) is 5.32 Å². The highest BCUT2D eigenvalue weighted by molar-refractivity contribution is 4.79. The highest BCUT2D eigenvalue weighted by Crippen LogP contribution is 2.24. The Morgan fingerprint density at radius 1 is 1.31 bits per heavy atom. The topological polar surface area (TPSA) is 32.3 Å². The molecule has 0 aliphatic heterocycles. The molecule has 2 nitrogen and oxygen atoms in total. The standard InChI is InChI=1S/C11H23NO/c1-8(2)9(3)12-7-10-5-4-6-11(10)13/h8-13H,4-7H2,1-3H3. The van der Waals surface area contributed by atoms with Gasteiger partial charge >= 0.3 is 0 Å². The fourth-order valence-corrected chi connectivity index (χ4v) is 1.83. The SMILES string of the molecule is CC(C)C(C)NCC1CCCC1O. The van der Waals surface area contributed by atoms with E-state index in [1.165, 1.54) is 12.8 Å². The molecule has 2 N–H and O–H groups in total. The molecule has 1 fully saturated rings. The minimum Gasteiger partial charge on any atom is -0.393 e. The van der Waals surface area contributed by atoms with Crippen molar-refractivity contribution in [1.29, 1.82) is 0 Å². The number of rotatable bonds is 4. The molecule has 13 heavy (non-hydrogen) atoms. The zero-order valence-electron chi connectivity index (χ0n) is 9.09. The summed E-state index contributed by atoms with van der Waals surface area (Å²) in [6.45, 7) is 7.65. The summed E-state index contributed by atoms with van der Waals surface area (Å²) in [6.07, 6.45) is 3.34. The van der Waals surface area contributed by atoms with Crippen LogP contribution >= 0.6 is 0 Å². The normalized spacial score (nSPS) is 31.2. The van der Waals surface area contributed by atoms with Gasteiger partial charge in [0.05, 0.1) is 6.10 Å². The molecule has 2 heteroatoms. The molecule has 3 unspecified atom stereocenters. The Bertz CT molecular complexity index is 147. The average molecular weight is 185 g/mol. The fraction of sp³-hybridized carbons (Fsp3) is 1.00. The first-order valence-electron chi connectivity index (χ1n) is 5.52. The van der Waals surface area contributed by atoms with Gasteiger partial charge in [-0.15, -0.1) is 0 Å². The van der Waals surface area contributed by atoms with Crippen LogP contribution in [-0.2, 0) is 0 Å². The van der Waals surface area contributed by atoms with E-state index in [4.69, 9.17) is 0 Å². The van der Waals surface area contributed by atoms with Crippen LogP contribution in [0.2, 0.25) is 0 Å². The van der Waals surface area contributed by atoms with Gasteiger partial charge in [-0.1, -0.05) is 20.3 Å². The highest BCUT2D eigenvalue weighted by atomic mass is 16.3. The van der Waals surface area contributed by atoms with Crippen LogP contribution in [0.3, 0.4) is 0 Å². The Morgan fingerprint density at radius 2 is 2.00 bits per heavy atom. The van der Waals surface area contributed by atoms with Crippen molar-refractivity contribution in [3.05, 3.63) is 0 Å². The maximum Gasteiger partial charge on any atom is 0.0580 e. The first kappa shape index (κ1) is 11.0. The monoisotopic (exact) mass is 185 g/mol. The predicted octanol–water partition coefficient (Wildman–Crippen LogP) is 1.78. The molecule has 1 saturated carbocycles. The van der Waals surface area contributed by atoms with E-state index >= 15 is 0 Å². The van der Waals surface area contributed by atoms with Crippen LogP contribution in [0.15, 0.2) is 0 Å². The van der Waals surface area contributed by atoms with E-state index in [1.54, 1.807) is 0 Å². The second-order valence-electron chi connectivity index (χ2n) is 4.70. The molecule has 3 atom stereocenters. The lowest BCUT2D eigenvalue weighted by atomic mass is 10.0. The highest BCUT2D eigenvalue weighted by Gasteiger charge is 2.25. The largest absolute Gasteiger partial charge is 0.393 e. The summed E-state index contributed by atoms with van der Waals surface area (Å²) in [5.41, 5.74) is 0. The zero-order chi connectivity index (χ0) is 9.84. The second-order valence-corrected chi connectivity index (χ2v) is 4.70. The van der Waals surface area contributed by atoms with Gasteiger partial charge in [-0.25, -0.2) is 0 Å². The van der Waals surface area contributed by atoms with Crippen LogP contribution in [0.1, 0.15) is 40.0 Å². The molecule has 1 aliphatic rings. The van der Waals surface area contributed by atoms with Crippen molar-refractivity contribution in [2.75, 3.05) is 6.54 Å². The van der Waals surface area contributed by atoms with E-state index in [0.29, 0.717) is 17.9 Å². The van der Waals surface area contributed by atoms with Crippen LogP contribution in [-0.4, -0.2) is 23.8 Å². The summed E-state index contributed by atoms with van der Waals surface area (Å²) in [4.78, 5) is 0. The van der Waals surface area contributed by atoms with E-state index in [-0.39, 0.29) is 6.10 Å². The van der Waals surface area contributed by atoms with E-state index in [0.717, 1.165) is 13.0 Å². The van der Waals surface area contributed by atoms with Crippen molar-refractivity contribution >= 4 is 0 Å². The van der Waals surface area contributed by atoms with Gasteiger partial charge in [0.2, 0.25) is 0 Å². The first-order valence-corrected chi connectivity index (χ1v) is 5.52. The lowest BCUT2D eigenvalue weighted by Gasteiger charge is -2.21. The summed E-state index contributed by atoms with van der Waals surface area (Å²) in [6, 6.07) is 0.563. The Labute approximate surface area is 81.7 Å². The van der Waals surface area contributed by atoms with E-state index in [2.05, 4.69) is 26.1 Å². The number of nitrogens with one attached hydrogen (secondary N) is 1. The number of hydrogen-bond acceptors (Lipinski definition) is 2. The Morgan fingerprint density at radius 3 is 2.46 bits per heavy atom. The molecule has 0 saturated heterocycles. The third-order valence-corrected chi connectivity index (χ3v) is 3.32. The lowest BCUT2D eigenvalue weighted by molar-refractivity contribution is 0.129. The van der Waals surface area contributed by atoms with Gasteiger partial charge < -0.3 is 10.4 Å². The van der Waals surface area contributed by atoms with Gasteiger partial charge in [-0.2, -0.15) is 0 Å². The van der Waals surface area contributed by atoms with Gasteiger partial charge in [-0.3, -0.25) is 0 Å². The van der Waals surface area contributed by atoms with Gasteiger partial charge in [0.25, 0.3) is 0 Å². The molecule has 0 aromatic heterocycles. The average Bonchev–Trinajstić information content (AvgIpc) is 2.47. The Balaban J connectivity index is 2.18. The minimum absolute atomic E-state index is 0.0492. The molecular formula is C11H23NO. The van der Waals surface area contributed by atoms with Crippen LogP contribution in [0.5, 0.6) is 0 Å². The van der Waals surface area contributed by atoms with E-state index in [1.807, 2.05) is 0 Å². The van der Waals surface area contributed by atoms with E-state index in [9.17, 15) is 5.11 Å². The lowest BCUT2D eigenvalue weighted by Crippen LogP contribution is -2.36. The molecule has 0 radical (unpaired) electrons. The maximum atomic E-state index is 9.60. The summed E-state index contributed by atoms with van der Waals surface area (Å²) >= 11 is 0. The summed E-state index contributed by atoms with van der Waals surface area (Å²) in [5.74, 6) is 1.18. The smallest absolute Gasteiger partial charge is 0.0580 e. The second kappa shape index (κ2) is 4.97. The molecule has 0 aromatic carbocycles. The summed E-state index contributed by atoms with van der Waals surface area (Å²) < 4.78 is 0. The third kappa shape index (κ3) is 3.28. The molecule has 0 amide bonds. The van der Waals surface area contributed by atoms with Crippen molar-refractivity contribution in [3.8, 4) is 0 Å². The van der Waals surface area contributed by atoms with Gasteiger partial charge in [0, 0.05) is 12.6 Å². The fourth-order valence-electron chi connectivity index (χ4n) is 1.83. The van der Waals surface area contributed by atoms with Crippen LogP contribution < -0.4 is 5.32 Å². The first-order chi connectivity index (χ1) is 6.11. The molecule has 1 rings (SSSR count). The third-order valence-electron chi connectivity index (χ3n) is 3.32. The van der Waals surface area contributed by atoms with Crippen LogP contribution in [0.4, 0.5) is 0 Å². The zero-order valence-corrected chi connectivity index (χ0v) is 9.09. The number of aliphatic hydroxyl groups excluding tert-OH is 1. The molecule has 78 valence electrons. The Kier molecular flexibility index (Phi) is 4.20. The van der Waals surface area contributed by atoms with Crippen molar-refractivity contribution in [2.24, 2.45) is 11.8 Å². The van der Waals surface area contributed by atoms with Crippen molar-refractivity contribution in [2.45, 2.75) is 52.2 Å². The van der Waals surface area contributed by atoms with E-state index < -0.39 is 0 Å². The molecule has 0 aromatic rings. The van der Waals surface area contributed by atoms with Gasteiger partial charge in [0.15, 0.2) is 0 Å². The maximum absolute atomic E-state index is 9.60. The molecule has 0 heterocycles. The van der Waals surface area contributed by atoms with Crippen molar-refractivity contribution < 1.29 is 5.11 Å². The molecule has 0 spiro atoms. The number of aliphatic hydroxyl groups is 1. The minimum atomic E-state index is -0.0492. The predicted molar refractivity (Wildman–Crippen MR) is 55.7 cm³/mol. The van der Waals surface area contributed by atoms with Crippen molar-refractivity contribution in [3.63, 3.8) is 0 Å². The van der Waals surface area contributed by atoms with Gasteiger partial charge in [0.1, 0.15) is 0 Å². The summed E-state index contributed by atoms with van der Waals surface area (Å²) in [5, 5.41) is 13.1. The number of hydrogen-bond donors (Lipinski definition) is 2.